The third kappa shape index (κ3) is 3.07. The van der Waals surface area contributed by atoms with Crippen LogP contribution in [0.5, 0.6) is 11.6 Å². The van der Waals surface area contributed by atoms with Gasteiger partial charge in [-0.25, -0.2) is 14.2 Å². The summed E-state index contributed by atoms with van der Waals surface area (Å²) in [5.74, 6) is -0.789. The van der Waals surface area contributed by atoms with Gasteiger partial charge in [-0.15, -0.1) is 0 Å². The molecule has 0 saturated heterocycles. The number of hydrogen-bond acceptors (Lipinski definition) is 3. The largest absolute Gasteiger partial charge is 0.478 e. The SMILES string of the molecule is Cc1cc(C(=O)O)cc(Oc2ccc(F)cc2C)n1. The molecule has 0 aliphatic heterocycles. The molecule has 0 atom stereocenters. The Kier molecular flexibility index (Phi) is 3.46. The maximum absolute atomic E-state index is 13.0. The second kappa shape index (κ2) is 5.06. The monoisotopic (exact) mass is 261 g/mol. The van der Waals surface area contributed by atoms with E-state index in [1.54, 1.807) is 13.8 Å². The number of aryl methyl sites for hydroxylation is 2. The van der Waals surface area contributed by atoms with Gasteiger partial charge in [0.2, 0.25) is 5.88 Å². The number of ether oxygens (including phenoxy) is 1. The zero-order chi connectivity index (χ0) is 14.0. The number of carbonyl (C=O) groups is 1. The van der Waals surface area contributed by atoms with Crippen molar-refractivity contribution in [1.29, 1.82) is 0 Å². The smallest absolute Gasteiger partial charge is 0.335 e. The molecule has 1 heterocycles. The molecule has 5 heteroatoms. The number of carboxylic acid groups (broad SMARTS) is 1. The van der Waals surface area contributed by atoms with E-state index in [0.29, 0.717) is 17.0 Å². The Morgan fingerprint density at radius 2 is 2.00 bits per heavy atom. The first kappa shape index (κ1) is 13.0. The molecule has 1 aromatic heterocycles. The van der Waals surface area contributed by atoms with E-state index in [1.807, 2.05) is 0 Å². The summed E-state index contributed by atoms with van der Waals surface area (Å²) in [6.07, 6.45) is 0. The summed E-state index contributed by atoms with van der Waals surface area (Å²) in [5, 5.41) is 8.96. The van der Waals surface area contributed by atoms with Gasteiger partial charge in [-0.2, -0.15) is 0 Å². The zero-order valence-corrected chi connectivity index (χ0v) is 10.5. The highest BCUT2D eigenvalue weighted by atomic mass is 19.1. The van der Waals surface area contributed by atoms with E-state index < -0.39 is 5.97 Å². The lowest BCUT2D eigenvalue weighted by atomic mass is 10.2. The third-order valence-electron chi connectivity index (χ3n) is 2.53. The van der Waals surface area contributed by atoms with Crippen LogP contribution in [0.15, 0.2) is 30.3 Å². The summed E-state index contributed by atoms with van der Waals surface area (Å²) in [6.45, 7) is 3.38. The van der Waals surface area contributed by atoms with Crippen molar-refractivity contribution in [2.75, 3.05) is 0 Å². The minimum Gasteiger partial charge on any atom is -0.478 e. The third-order valence-corrected chi connectivity index (χ3v) is 2.53. The maximum Gasteiger partial charge on any atom is 0.335 e. The lowest BCUT2D eigenvalue weighted by molar-refractivity contribution is 0.0696. The Bertz CT molecular complexity index is 641. The fourth-order valence-corrected chi connectivity index (χ4v) is 1.65. The van der Waals surface area contributed by atoms with Crippen LogP contribution in [0.3, 0.4) is 0 Å². The molecule has 0 unspecified atom stereocenters. The molecule has 0 fully saturated rings. The molecule has 0 radical (unpaired) electrons. The van der Waals surface area contributed by atoms with Crippen molar-refractivity contribution in [3.8, 4) is 11.6 Å². The van der Waals surface area contributed by atoms with Gasteiger partial charge in [-0.3, -0.25) is 0 Å². The van der Waals surface area contributed by atoms with Crippen molar-refractivity contribution in [1.82, 2.24) is 4.98 Å². The van der Waals surface area contributed by atoms with Crippen molar-refractivity contribution >= 4 is 5.97 Å². The lowest BCUT2D eigenvalue weighted by Crippen LogP contribution is -2.00. The van der Waals surface area contributed by atoms with Gasteiger partial charge in [-0.05, 0) is 43.7 Å². The number of pyridine rings is 1. The Hall–Kier alpha value is -2.43. The van der Waals surface area contributed by atoms with Gasteiger partial charge in [0, 0.05) is 11.8 Å². The summed E-state index contributed by atoms with van der Waals surface area (Å²) in [7, 11) is 0. The average Bonchev–Trinajstić information content (AvgIpc) is 2.32. The van der Waals surface area contributed by atoms with Crippen LogP contribution in [-0.2, 0) is 0 Å². The molecule has 1 aromatic carbocycles. The quantitative estimate of drug-likeness (QED) is 0.920. The van der Waals surface area contributed by atoms with E-state index in [0.717, 1.165) is 0 Å². The number of rotatable bonds is 3. The number of aromatic carboxylic acids is 1. The van der Waals surface area contributed by atoms with Crippen LogP contribution in [-0.4, -0.2) is 16.1 Å². The first-order valence-electron chi connectivity index (χ1n) is 5.61. The molecule has 19 heavy (non-hydrogen) atoms. The van der Waals surface area contributed by atoms with Gasteiger partial charge >= 0.3 is 5.97 Å². The maximum atomic E-state index is 13.0. The minimum atomic E-state index is -1.05. The van der Waals surface area contributed by atoms with Crippen LogP contribution in [0.4, 0.5) is 4.39 Å². The Balaban J connectivity index is 2.35. The average molecular weight is 261 g/mol. The molecule has 0 spiro atoms. The second-order valence-electron chi connectivity index (χ2n) is 4.15. The van der Waals surface area contributed by atoms with E-state index in [-0.39, 0.29) is 17.3 Å². The van der Waals surface area contributed by atoms with Crippen LogP contribution in [0.1, 0.15) is 21.6 Å². The molecule has 4 nitrogen and oxygen atoms in total. The first-order valence-corrected chi connectivity index (χ1v) is 5.61. The summed E-state index contributed by atoms with van der Waals surface area (Å²) < 4.78 is 18.5. The van der Waals surface area contributed by atoms with Gasteiger partial charge in [0.15, 0.2) is 0 Å². The van der Waals surface area contributed by atoms with E-state index in [9.17, 15) is 9.18 Å². The van der Waals surface area contributed by atoms with Crippen molar-refractivity contribution in [2.24, 2.45) is 0 Å². The molecule has 0 aliphatic rings. The molecule has 98 valence electrons. The first-order chi connectivity index (χ1) is 8.95. The van der Waals surface area contributed by atoms with E-state index in [2.05, 4.69) is 4.98 Å². The molecular weight excluding hydrogens is 249 g/mol. The number of halogens is 1. The number of hydrogen-bond donors (Lipinski definition) is 1. The lowest BCUT2D eigenvalue weighted by Gasteiger charge is -2.09. The normalized spacial score (nSPS) is 10.3. The highest BCUT2D eigenvalue weighted by Gasteiger charge is 2.09. The fraction of sp³-hybridized carbons (Fsp3) is 0.143. The molecular formula is C14H12FNO3. The van der Waals surface area contributed by atoms with Gasteiger partial charge in [0.1, 0.15) is 11.6 Å². The molecule has 1 N–H and O–H groups in total. The van der Waals surface area contributed by atoms with E-state index in [4.69, 9.17) is 9.84 Å². The second-order valence-corrected chi connectivity index (χ2v) is 4.15. The predicted octanol–water partition coefficient (Wildman–Crippen LogP) is 3.33. The van der Waals surface area contributed by atoms with Crippen LogP contribution in [0, 0.1) is 19.7 Å². The molecule has 0 bridgehead atoms. The van der Waals surface area contributed by atoms with Gasteiger partial charge in [-0.1, -0.05) is 0 Å². The summed E-state index contributed by atoms with van der Waals surface area (Å²) in [6, 6.07) is 6.87. The molecule has 0 amide bonds. The minimum absolute atomic E-state index is 0.0993. The Labute approximate surface area is 109 Å². The highest BCUT2D eigenvalue weighted by Crippen LogP contribution is 2.25. The standard InChI is InChI=1S/C14H12FNO3/c1-8-5-11(15)3-4-12(8)19-13-7-10(14(17)18)6-9(2)16-13/h3-7H,1-2H3,(H,17,18). The predicted molar refractivity (Wildman–Crippen MR) is 67.1 cm³/mol. The molecule has 0 saturated carbocycles. The van der Waals surface area contributed by atoms with Crippen LogP contribution < -0.4 is 4.74 Å². The summed E-state index contributed by atoms with van der Waals surface area (Å²) in [4.78, 5) is 15.0. The van der Waals surface area contributed by atoms with Crippen molar-refractivity contribution in [3.63, 3.8) is 0 Å². The topological polar surface area (TPSA) is 59.4 Å². The number of aromatic nitrogens is 1. The number of carboxylic acids is 1. The van der Waals surface area contributed by atoms with Gasteiger partial charge in [0.25, 0.3) is 0 Å². The Morgan fingerprint density at radius 3 is 2.63 bits per heavy atom. The highest BCUT2D eigenvalue weighted by molar-refractivity contribution is 5.88. The van der Waals surface area contributed by atoms with Crippen molar-refractivity contribution in [3.05, 3.63) is 53.0 Å². The molecule has 0 aliphatic carbocycles. The fourth-order valence-electron chi connectivity index (χ4n) is 1.65. The summed E-state index contributed by atoms with van der Waals surface area (Å²) in [5.41, 5.74) is 1.25. The Morgan fingerprint density at radius 1 is 1.26 bits per heavy atom. The summed E-state index contributed by atoms with van der Waals surface area (Å²) >= 11 is 0. The molecule has 2 aromatic rings. The van der Waals surface area contributed by atoms with Gasteiger partial charge < -0.3 is 9.84 Å². The van der Waals surface area contributed by atoms with E-state index in [1.165, 1.54) is 30.3 Å². The number of nitrogens with zero attached hydrogens (tertiary/aromatic N) is 1. The van der Waals surface area contributed by atoms with Crippen molar-refractivity contribution < 1.29 is 19.0 Å². The van der Waals surface area contributed by atoms with Crippen molar-refractivity contribution in [2.45, 2.75) is 13.8 Å². The van der Waals surface area contributed by atoms with Crippen LogP contribution in [0.25, 0.3) is 0 Å². The zero-order valence-electron chi connectivity index (χ0n) is 10.5. The van der Waals surface area contributed by atoms with Gasteiger partial charge in [0.05, 0.1) is 5.56 Å². The number of benzene rings is 1. The van der Waals surface area contributed by atoms with Crippen LogP contribution >= 0.6 is 0 Å². The van der Waals surface area contributed by atoms with E-state index >= 15 is 0 Å². The molecule has 2 rings (SSSR count). The van der Waals surface area contributed by atoms with Crippen LogP contribution in [0.2, 0.25) is 0 Å².